The Labute approximate surface area is 315 Å². The number of aromatic amines is 1. The summed E-state index contributed by atoms with van der Waals surface area (Å²) >= 11 is 12.9. The van der Waals surface area contributed by atoms with Crippen molar-refractivity contribution in [2.24, 2.45) is 11.7 Å². The van der Waals surface area contributed by atoms with Gasteiger partial charge in [0, 0.05) is 28.9 Å². The van der Waals surface area contributed by atoms with Crippen LogP contribution in [0, 0.1) is 5.92 Å². The molecule has 0 saturated carbocycles. The molecule has 282 valence electrons. The summed E-state index contributed by atoms with van der Waals surface area (Å²) in [6.07, 6.45) is -0.129. The van der Waals surface area contributed by atoms with E-state index in [0.717, 1.165) is 5.69 Å². The van der Waals surface area contributed by atoms with Gasteiger partial charge in [0.1, 0.15) is 30.0 Å². The Kier molecular flexibility index (Phi) is 12.4. The van der Waals surface area contributed by atoms with Crippen molar-refractivity contribution in [3.05, 3.63) is 99.2 Å². The third-order valence-corrected chi connectivity index (χ3v) is 10.3. The van der Waals surface area contributed by atoms with Gasteiger partial charge < -0.3 is 35.9 Å². The number of alkyl carbamates (subject to hydrolysis) is 1. The van der Waals surface area contributed by atoms with Crippen molar-refractivity contribution >= 4 is 65.7 Å². The second kappa shape index (κ2) is 16.6. The van der Waals surface area contributed by atoms with Crippen molar-refractivity contribution in [3.8, 4) is 5.75 Å². The van der Waals surface area contributed by atoms with Crippen LogP contribution in [0.1, 0.15) is 49.1 Å². The fraction of sp³-hybridized carbons (Fsp3) is 0.333. The summed E-state index contributed by atoms with van der Waals surface area (Å²) in [5.41, 5.74) is 7.37. The standard InChI is InChI=1S/C36H40Cl2N5O9P/c1-3-20(2)30(32(39)44)42-34(46)36(14-13-28-26(18-36)25-16-23(37)17-27(38)31(25)40-28)43-33(45)29(41-35(47)51-19-22-7-5-4-6-8-22)15-21-9-11-24(12-10-21)52-53(48,49)50/h4-12,16-17,20,29-30,40H,3,13-15,18-19H2,1-2H3,(H2,39,44)(H,41,47)(H,42,46)(H,43,45)(H2,48,49,50). The van der Waals surface area contributed by atoms with Gasteiger partial charge in [0.25, 0.3) is 0 Å². The molecule has 1 aliphatic rings. The van der Waals surface area contributed by atoms with Crippen LogP contribution in [0.3, 0.4) is 0 Å². The van der Waals surface area contributed by atoms with Crippen LogP contribution in [0.25, 0.3) is 10.9 Å². The summed E-state index contributed by atoms with van der Waals surface area (Å²) in [4.78, 5) is 76.1. The van der Waals surface area contributed by atoms with E-state index in [4.69, 9.17) is 33.7 Å². The summed E-state index contributed by atoms with van der Waals surface area (Å²) in [5, 5.41) is 9.72. The molecule has 8 N–H and O–H groups in total. The Hall–Kier alpha value is -4.59. The van der Waals surface area contributed by atoms with Gasteiger partial charge in [-0.2, -0.15) is 0 Å². The lowest BCUT2D eigenvalue weighted by Crippen LogP contribution is -2.66. The molecule has 4 aromatic rings. The molecule has 0 aliphatic heterocycles. The van der Waals surface area contributed by atoms with E-state index in [1.165, 1.54) is 24.3 Å². The average molecular weight is 789 g/mol. The van der Waals surface area contributed by atoms with Crippen LogP contribution < -0.4 is 26.2 Å². The predicted octanol–water partition coefficient (Wildman–Crippen LogP) is 4.84. The summed E-state index contributed by atoms with van der Waals surface area (Å²) in [6.45, 7) is 3.55. The molecular formula is C36H40Cl2N5O9P. The summed E-state index contributed by atoms with van der Waals surface area (Å²) in [7, 11) is -4.82. The molecule has 4 amide bonds. The maximum Gasteiger partial charge on any atom is 0.524 e. The molecule has 0 bridgehead atoms. The van der Waals surface area contributed by atoms with E-state index < -0.39 is 49.3 Å². The lowest BCUT2D eigenvalue weighted by atomic mass is 9.78. The number of halogens is 2. The van der Waals surface area contributed by atoms with Gasteiger partial charge in [-0.3, -0.25) is 24.2 Å². The van der Waals surface area contributed by atoms with Crippen LogP contribution in [-0.4, -0.2) is 56.2 Å². The number of fused-ring (bicyclic) bond motifs is 3. The van der Waals surface area contributed by atoms with Crippen LogP contribution in [0.2, 0.25) is 10.0 Å². The van der Waals surface area contributed by atoms with Crippen LogP contribution in [-0.2, 0) is 49.6 Å². The van der Waals surface area contributed by atoms with Gasteiger partial charge >= 0.3 is 13.9 Å². The highest BCUT2D eigenvalue weighted by molar-refractivity contribution is 7.46. The number of amides is 4. The third-order valence-electron chi connectivity index (χ3n) is 9.31. The topological polar surface area (TPSA) is 222 Å². The summed E-state index contributed by atoms with van der Waals surface area (Å²) in [6, 6.07) is 15.4. The van der Waals surface area contributed by atoms with Gasteiger partial charge in [-0.15, -0.1) is 0 Å². The maximum atomic E-state index is 14.4. The fourth-order valence-corrected chi connectivity index (χ4v) is 7.27. The number of nitrogens with two attached hydrogens (primary N) is 1. The zero-order chi connectivity index (χ0) is 38.5. The molecule has 1 heterocycles. The number of primary amides is 1. The number of benzene rings is 3. The van der Waals surface area contributed by atoms with E-state index in [9.17, 15) is 33.5 Å². The first kappa shape index (κ1) is 39.6. The number of aryl methyl sites for hydroxylation is 1. The van der Waals surface area contributed by atoms with Crippen molar-refractivity contribution in [2.75, 3.05) is 0 Å². The number of aromatic nitrogens is 1. The Morgan fingerprint density at radius 1 is 1.02 bits per heavy atom. The van der Waals surface area contributed by atoms with E-state index in [0.29, 0.717) is 50.5 Å². The minimum absolute atomic E-state index is 0.0256. The van der Waals surface area contributed by atoms with Gasteiger partial charge in [-0.05, 0) is 59.7 Å². The Morgan fingerprint density at radius 3 is 2.36 bits per heavy atom. The lowest BCUT2D eigenvalue weighted by molar-refractivity contribution is -0.137. The molecule has 17 heteroatoms. The van der Waals surface area contributed by atoms with Crippen molar-refractivity contribution in [1.29, 1.82) is 0 Å². The molecule has 1 aliphatic carbocycles. The number of carbonyl (C=O) groups excluding carboxylic acids is 4. The van der Waals surface area contributed by atoms with Gasteiger partial charge in [-0.25, -0.2) is 9.36 Å². The van der Waals surface area contributed by atoms with Gasteiger partial charge in [0.05, 0.1) is 10.5 Å². The number of rotatable bonds is 14. The van der Waals surface area contributed by atoms with Crippen molar-refractivity contribution < 1.29 is 42.8 Å². The first-order valence-corrected chi connectivity index (χ1v) is 19.1. The molecule has 5 rings (SSSR count). The van der Waals surface area contributed by atoms with Crippen molar-refractivity contribution in [2.45, 2.75) is 70.2 Å². The normalized spacial score (nSPS) is 17.2. The number of ether oxygens (including phenoxy) is 1. The zero-order valence-corrected chi connectivity index (χ0v) is 31.3. The number of hydrogen-bond acceptors (Lipinski definition) is 7. The molecule has 0 saturated heterocycles. The van der Waals surface area contributed by atoms with Gasteiger partial charge in [-0.1, -0.05) is 85.9 Å². The van der Waals surface area contributed by atoms with E-state index in [1.807, 2.05) is 13.0 Å². The van der Waals surface area contributed by atoms with E-state index in [-0.39, 0.29) is 37.5 Å². The van der Waals surface area contributed by atoms with Crippen LogP contribution in [0.4, 0.5) is 4.79 Å². The minimum Gasteiger partial charge on any atom is -0.445 e. The number of hydrogen-bond donors (Lipinski definition) is 7. The highest BCUT2D eigenvalue weighted by atomic mass is 35.5. The summed E-state index contributed by atoms with van der Waals surface area (Å²) in [5.74, 6) is -2.56. The van der Waals surface area contributed by atoms with E-state index in [2.05, 4.69) is 25.5 Å². The molecular weight excluding hydrogens is 748 g/mol. The quantitative estimate of drug-likeness (QED) is 0.0868. The highest BCUT2D eigenvalue weighted by Crippen LogP contribution is 2.39. The molecule has 4 atom stereocenters. The molecule has 1 aromatic heterocycles. The molecule has 0 spiro atoms. The Bertz CT molecular complexity index is 2040. The predicted molar refractivity (Wildman–Crippen MR) is 198 cm³/mol. The maximum absolute atomic E-state index is 14.4. The third kappa shape index (κ3) is 9.89. The van der Waals surface area contributed by atoms with E-state index in [1.54, 1.807) is 43.3 Å². The molecule has 4 unspecified atom stereocenters. The highest BCUT2D eigenvalue weighted by Gasteiger charge is 2.46. The lowest BCUT2D eigenvalue weighted by Gasteiger charge is -2.39. The summed E-state index contributed by atoms with van der Waals surface area (Å²) < 4.78 is 21.4. The fourth-order valence-electron chi connectivity index (χ4n) is 6.34. The largest absolute Gasteiger partial charge is 0.524 e. The first-order chi connectivity index (χ1) is 25.1. The molecule has 0 fully saturated rings. The second-order valence-electron chi connectivity index (χ2n) is 13.1. The molecule has 14 nitrogen and oxygen atoms in total. The molecule has 0 radical (unpaired) electrons. The second-order valence-corrected chi connectivity index (χ2v) is 15.1. The minimum atomic E-state index is -4.82. The van der Waals surface area contributed by atoms with E-state index >= 15 is 0 Å². The monoisotopic (exact) mass is 787 g/mol. The van der Waals surface area contributed by atoms with Crippen LogP contribution in [0.5, 0.6) is 5.75 Å². The van der Waals surface area contributed by atoms with Crippen molar-refractivity contribution in [1.82, 2.24) is 20.9 Å². The average Bonchev–Trinajstić information content (AvgIpc) is 3.47. The van der Waals surface area contributed by atoms with Crippen molar-refractivity contribution in [3.63, 3.8) is 0 Å². The Morgan fingerprint density at radius 2 is 1.72 bits per heavy atom. The van der Waals surface area contributed by atoms with Gasteiger partial charge in [0.2, 0.25) is 17.7 Å². The SMILES string of the molecule is CCC(C)C(NC(=O)C1(NC(=O)C(Cc2ccc(OP(=O)(O)O)cc2)NC(=O)OCc2ccccc2)CCc2[nH]c3c(Cl)cc(Cl)cc3c2C1)C(N)=O. The number of carbonyl (C=O) groups is 4. The number of phosphoric ester groups is 1. The smallest absolute Gasteiger partial charge is 0.445 e. The molecule has 53 heavy (non-hydrogen) atoms. The molecule has 3 aromatic carbocycles. The number of H-pyrrole nitrogens is 1. The van der Waals surface area contributed by atoms with Gasteiger partial charge in [0.15, 0.2) is 0 Å². The number of nitrogens with one attached hydrogen (secondary N) is 4. The number of phosphoric acid groups is 1. The van der Waals surface area contributed by atoms with Crippen LogP contribution >= 0.6 is 31.0 Å². The van der Waals surface area contributed by atoms with Crippen LogP contribution in [0.15, 0.2) is 66.7 Å². The first-order valence-electron chi connectivity index (χ1n) is 16.8. The Balaban J connectivity index is 1.49. The zero-order valence-electron chi connectivity index (χ0n) is 28.9.